The zero-order valence-electron chi connectivity index (χ0n) is 21.1. The molecule has 2 aromatic rings. The summed E-state index contributed by atoms with van der Waals surface area (Å²) in [6, 6.07) is 1.93. The molecule has 3 unspecified atom stereocenters. The van der Waals surface area contributed by atoms with Crippen molar-refractivity contribution < 1.29 is 8.78 Å². The normalized spacial score (nSPS) is 17.6. The van der Waals surface area contributed by atoms with Gasteiger partial charge in [-0.3, -0.25) is 0 Å². The molecule has 3 rings (SSSR count). The molecular weight excluding hydrogens is 414 g/mol. The highest BCUT2D eigenvalue weighted by molar-refractivity contribution is 5.38. The van der Waals surface area contributed by atoms with Crippen LogP contribution in [0.4, 0.5) is 8.78 Å². The highest BCUT2D eigenvalue weighted by Crippen LogP contribution is 2.35. The monoisotopic (exact) mass is 456 g/mol. The minimum absolute atomic E-state index is 0.0557. The Bertz CT molecular complexity index is 878. The zero-order chi connectivity index (χ0) is 23.8. The summed E-state index contributed by atoms with van der Waals surface area (Å²) in [4.78, 5) is 9.23. The second-order valence-corrected chi connectivity index (χ2v) is 10.4. The summed E-state index contributed by atoms with van der Waals surface area (Å²) < 4.78 is 29.9. The Labute approximate surface area is 199 Å². The van der Waals surface area contributed by atoms with Gasteiger partial charge >= 0.3 is 0 Å². The van der Waals surface area contributed by atoms with Crippen LogP contribution in [-0.4, -0.2) is 9.97 Å². The Morgan fingerprint density at radius 1 is 0.970 bits per heavy atom. The largest absolute Gasteiger partial charge is 0.241 e. The lowest BCUT2D eigenvalue weighted by atomic mass is 9.81. The first kappa shape index (κ1) is 25.8. The smallest absolute Gasteiger partial charge is 0.162 e. The fourth-order valence-electron chi connectivity index (χ4n) is 5.03. The molecule has 0 bridgehead atoms. The van der Waals surface area contributed by atoms with Crippen LogP contribution in [-0.2, 0) is 25.7 Å². The zero-order valence-corrected chi connectivity index (χ0v) is 21.1. The van der Waals surface area contributed by atoms with E-state index < -0.39 is 11.6 Å². The fourth-order valence-corrected chi connectivity index (χ4v) is 5.03. The summed E-state index contributed by atoms with van der Waals surface area (Å²) in [5.74, 6) is 0.694. The number of aryl methyl sites for hydroxylation is 2. The maximum Gasteiger partial charge on any atom is 0.162 e. The van der Waals surface area contributed by atoms with E-state index in [-0.39, 0.29) is 5.92 Å². The second-order valence-electron chi connectivity index (χ2n) is 10.4. The molecule has 1 heterocycles. The minimum atomic E-state index is -0.647. The minimum Gasteiger partial charge on any atom is -0.241 e. The molecule has 0 fully saturated rings. The number of hydrogen-bond acceptors (Lipinski definition) is 2. The van der Waals surface area contributed by atoms with E-state index in [0.29, 0.717) is 29.9 Å². The number of hydrogen-bond donors (Lipinski definition) is 0. The number of benzene rings is 1. The number of halogens is 2. The van der Waals surface area contributed by atoms with E-state index in [1.807, 2.05) is 18.5 Å². The summed E-state index contributed by atoms with van der Waals surface area (Å²) >= 11 is 0. The summed E-state index contributed by atoms with van der Waals surface area (Å²) in [5, 5.41) is 0. The van der Waals surface area contributed by atoms with Crippen LogP contribution in [0.3, 0.4) is 0 Å². The average Bonchev–Trinajstić information content (AvgIpc) is 2.83. The maximum atomic E-state index is 15.0. The first-order chi connectivity index (χ1) is 15.9. The summed E-state index contributed by atoms with van der Waals surface area (Å²) in [5.41, 5.74) is 3.22. The molecule has 0 saturated carbocycles. The van der Waals surface area contributed by atoms with Crippen molar-refractivity contribution in [3.63, 3.8) is 0 Å². The van der Waals surface area contributed by atoms with Gasteiger partial charge in [0.25, 0.3) is 0 Å². The van der Waals surface area contributed by atoms with Crippen molar-refractivity contribution in [2.24, 2.45) is 11.8 Å². The molecule has 0 saturated heterocycles. The summed E-state index contributed by atoms with van der Waals surface area (Å²) in [6.07, 6.45) is 15.8. The van der Waals surface area contributed by atoms with Crippen molar-refractivity contribution in [3.05, 3.63) is 58.2 Å². The molecule has 1 aromatic heterocycles. The van der Waals surface area contributed by atoms with Crippen molar-refractivity contribution in [2.45, 2.75) is 111 Å². The van der Waals surface area contributed by atoms with Crippen LogP contribution in [0.25, 0.3) is 0 Å². The van der Waals surface area contributed by atoms with E-state index in [1.54, 1.807) is 0 Å². The maximum absolute atomic E-state index is 15.0. The van der Waals surface area contributed by atoms with Gasteiger partial charge in [-0.1, -0.05) is 72.3 Å². The van der Waals surface area contributed by atoms with Crippen LogP contribution >= 0.6 is 0 Å². The van der Waals surface area contributed by atoms with Crippen LogP contribution < -0.4 is 0 Å². The standard InChI is InChI=1S/C29H42F2N2/c1-5-7-10-21(4)15-25-16-23-13-14-24(17-26(23)28(31)27(25)30)29-32-18-22(19-33-29)12-9-8-11-20(3)6-2/h16,18-21,24H,5-15,17H2,1-4H3. The Kier molecular flexibility index (Phi) is 9.82. The average molecular weight is 457 g/mol. The SMILES string of the molecule is CCCCC(C)Cc1cc2c(c(F)c1F)CC(c1ncc(CCCCC(C)CC)cn1)CC2. The van der Waals surface area contributed by atoms with E-state index in [0.717, 1.165) is 67.8 Å². The van der Waals surface area contributed by atoms with Crippen molar-refractivity contribution >= 4 is 0 Å². The first-order valence-corrected chi connectivity index (χ1v) is 13.2. The molecule has 0 spiro atoms. The number of nitrogens with zero attached hydrogens (tertiary/aromatic N) is 2. The molecule has 33 heavy (non-hydrogen) atoms. The molecule has 1 aromatic carbocycles. The van der Waals surface area contributed by atoms with Crippen LogP contribution in [0, 0.1) is 23.5 Å². The number of unbranched alkanes of at least 4 members (excludes halogenated alkanes) is 2. The van der Waals surface area contributed by atoms with Gasteiger partial charge in [0, 0.05) is 18.3 Å². The number of fused-ring (bicyclic) bond motifs is 1. The van der Waals surface area contributed by atoms with Crippen molar-refractivity contribution in [1.82, 2.24) is 9.97 Å². The summed E-state index contributed by atoms with van der Waals surface area (Å²) in [6.45, 7) is 8.85. The van der Waals surface area contributed by atoms with Gasteiger partial charge in [0.05, 0.1) is 0 Å². The van der Waals surface area contributed by atoms with Gasteiger partial charge in [0.15, 0.2) is 11.6 Å². The van der Waals surface area contributed by atoms with Crippen molar-refractivity contribution in [2.75, 3.05) is 0 Å². The van der Waals surface area contributed by atoms with Gasteiger partial charge in [-0.25, -0.2) is 18.7 Å². The van der Waals surface area contributed by atoms with Crippen LogP contribution in [0.2, 0.25) is 0 Å². The Morgan fingerprint density at radius 2 is 1.70 bits per heavy atom. The van der Waals surface area contributed by atoms with Crippen molar-refractivity contribution in [1.29, 1.82) is 0 Å². The lowest BCUT2D eigenvalue weighted by Gasteiger charge is -2.25. The van der Waals surface area contributed by atoms with Gasteiger partial charge in [-0.15, -0.1) is 0 Å². The third-order valence-corrected chi connectivity index (χ3v) is 7.51. The molecule has 4 heteroatoms. The van der Waals surface area contributed by atoms with E-state index in [2.05, 4.69) is 37.7 Å². The van der Waals surface area contributed by atoms with Gasteiger partial charge in [-0.2, -0.15) is 0 Å². The second kappa shape index (κ2) is 12.6. The molecule has 0 radical (unpaired) electrons. The number of aromatic nitrogens is 2. The molecule has 3 atom stereocenters. The molecule has 1 aliphatic rings. The molecule has 182 valence electrons. The molecule has 2 nitrogen and oxygen atoms in total. The predicted molar refractivity (Wildman–Crippen MR) is 133 cm³/mol. The van der Waals surface area contributed by atoms with Crippen LogP contribution in [0.1, 0.15) is 113 Å². The molecule has 0 N–H and O–H groups in total. The Balaban J connectivity index is 1.61. The lowest BCUT2D eigenvalue weighted by molar-refractivity contribution is 0.446. The Morgan fingerprint density at radius 3 is 2.39 bits per heavy atom. The van der Waals surface area contributed by atoms with Gasteiger partial charge in [-0.05, 0) is 72.6 Å². The van der Waals surface area contributed by atoms with E-state index in [4.69, 9.17) is 0 Å². The van der Waals surface area contributed by atoms with E-state index in [1.165, 1.54) is 19.3 Å². The van der Waals surface area contributed by atoms with E-state index in [9.17, 15) is 4.39 Å². The molecule has 1 aliphatic carbocycles. The first-order valence-electron chi connectivity index (χ1n) is 13.2. The van der Waals surface area contributed by atoms with Crippen molar-refractivity contribution in [3.8, 4) is 0 Å². The number of rotatable bonds is 12. The Hall–Kier alpha value is -1.84. The molecular formula is C29H42F2N2. The quantitative estimate of drug-likeness (QED) is 0.301. The highest BCUT2D eigenvalue weighted by Gasteiger charge is 2.28. The van der Waals surface area contributed by atoms with E-state index >= 15 is 4.39 Å². The third kappa shape index (κ3) is 7.07. The summed E-state index contributed by atoms with van der Waals surface area (Å²) in [7, 11) is 0. The fraction of sp³-hybridized carbons (Fsp3) is 0.655. The van der Waals surface area contributed by atoms with Gasteiger partial charge in [0.2, 0.25) is 0 Å². The van der Waals surface area contributed by atoms with Crippen LogP contribution in [0.5, 0.6) is 0 Å². The lowest BCUT2D eigenvalue weighted by Crippen LogP contribution is -2.19. The molecule has 0 aliphatic heterocycles. The predicted octanol–water partition coefficient (Wildman–Crippen LogP) is 8.16. The van der Waals surface area contributed by atoms with Gasteiger partial charge in [0.1, 0.15) is 5.82 Å². The van der Waals surface area contributed by atoms with Crippen LogP contribution in [0.15, 0.2) is 18.5 Å². The highest BCUT2D eigenvalue weighted by atomic mass is 19.2. The topological polar surface area (TPSA) is 25.8 Å². The molecule has 0 amide bonds. The third-order valence-electron chi connectivity index (χ3n) is 7.51. The van der Waals surface area contributed by atoms with Gasteiger partial charge < -0.3 is 0 Å².